The van der Waals surface area contributed by atoms with Gasteiger partial charge in [0.2, 0.25) is 0 Å². The Bertz CT molecular complexity index is 127. The van der Waals surface area contributed by atoms with Crippen LogP contribution < -0.4 is 0 Å². The molecule has 0 spiro atoms. The predicted octanol–water partition coefficient (Wildman–Crippen LogP) is 1.58. The average Bonchev–Trinajstić information content (AvgIpc) is 1.97. The topological polar surface area (TPSA) is 46.5 Å². The summed E-state index contributed by atoms with van der Waals surface area (Å²) in [4.78, 5) is 10.2. The number of ether oxygens (including phenoxy) is 1. The molecule has 4 heteroatoms. The van der Waals surface area contributed by atoms with E-state index in [4.69, 9.17) is 9.84 Å². The van der Waals surface area contributed by atoms with Crippen LogP contribution in [0.1, 0.15) is 25.7 Å². The third-order valence-electron chi connectivity index (χ3n) is 1.55. The summed E-state index contributed by atoms with van der Waals surface area (Å²) in [6.07, 6.45) is 2.96. The van der Waals surface area contributed by atoms with Crippen LogP contribution in [0.25, 0.3) is 0 Å². The van der Waals surface area contributed by atoms with Crippen LogP contribution in [0.3, 0.4) is 0 Å². The van der Waals surface area contributed by atoms with Crippen LogP contribution >= 0.6 is 12.6 Å². The predicted molar refractivity (Wildman–Crippen MR) is 50.8 cm³/mol. The summed E-state index contributed by atoms with van der Waals surface area (Å²) in [5, 5.41) is 8.40. The minimum Gasteiger partial charge on any atom is -0.481 e. The lowest BCUT2D eigenvalue weighted by Gasteiger charge is -2.06. The molecule has 3 nitrogen and oxygen atoms in total. The Morgan fingerprint density at radius 3 is 2.75 bits per heavy atom. The lowest BCUT2D eigenvalue weighted by Crippen LogP contribution is -2.07. The summed E-state index contributed by atoms with van der Waals surface area (Å²) >= 11 is 4.15. The summed E-state index contributed by atoms with van der Waals surface area (Å²) < 4.78 is 4.86. The van der Waals surface area contributed by atoms with Gasteiger partial charge in [0.25, 0.3) is 0 Å². The summed E-state index contributed by atoms with van der Waals surface area (Å²) in [5.74, 6) is -0.776. The van der Waals surface area contributed by atoms with Crippen molar-refractivity contribution >= 4 is 18.6 Å². The van der Waals surface area contributed by atoms with Crippen LogP contribution in [-0.4, -0.2) is 30.0 Å². The van der Waals surface area contributed by atoms with Crippen molar-refractivity contribution in [3.8, 4) is 0 Å². The van der Waals surface area contributed by atoms with E-state index in [1.807, 2.05) is 0 Å². The van der Waals surface area contributed by atoms with E-state index in [0.717, 1.165) is 25.9 Å². The molecule has 1 N–H and O–H groups in total. The van der Waals surface area contributed by atoms with Crippen molar-refractivity contribution in [3.63, 3.8) is 0 Å². The summed E-state index contributed by atoms with van der Waals surface area (Å²) in [6.45, 7) is 0.744. The van der Waals surface area contributed by atoms with E-state index in [-0.39, 0.29) is 11.7 Å². The van der Waals surface area contributed by atoms with E-state index < -0.39 is 5.97 Å². The molecule has 0 aromatic rings. The minimum atomic E-state index is -0.776. The van der Waals surface area contributed by atoms with E-state index in [9.17, 15) is 4.79 Å². The molecule has 0 aromatic heterocycles. The van der Waals surface area contributed by atoms with Gasteiger partial charge in [0, 0.05) is 19.0 Å². The van der Waals surface area contributed by atoms with Crippen LogP contribution in [0.5, 0.6) is 0 Å². The van der Waals surface area contributed by atoms with Crippen molar-refractivity contribution in [1.29, 1.82) is 0 Å². The monoisotopic (exact) mass is 192 g/mol. The van der Waals surface area contributed by atoms with Crippen molar-refractivity contribution in [3.05, 3.63) is 0 Å². The molecule has 0 aliphatic heterocycles. The van der Waals surface area contributed by atoms with Gasteiger partial charge in [0.15, 0.2) is 0 Å². The number of carboxylic acid groups (broad SMARTS) is 1. The Morgan fingerprint density at radius 1 is 1.58 bits per heavy atom. The minimum absolute atomic E-state index is 0.0145. The van der Waals surface area contributed by atoms with Gasteiger partial charge in [-0.2, -0.15) is 12.6 Å². The molecule has 0 saturated carbocycles. The number of aliphatic carboxylic acids is 1. The summed E-state index contributed by atoms with van der Waals surface area (Å²) in [7, 11) is 1.66. The fraction of sp³-hybridized carbons (Fsp3) is 0.875. The Balaban J connectivity index is 3.19. The van der Waals surface area contributed by atoms with E-state index in [1.165, 1.54) is 0 Å². The zero-order valence-electron chi connectivity index (χ0n) is 7.32. The van der Waals surface area contributed by atoms with Crippen molar-refractivity contribution in [1.82, 2.24) is 0 Å². The van der Waals surface area contributed by atoms with Crippen molar-refractivity contribution in [2.24, 2.45) is 0 Å². The quantitative estimate of drug-likeness (QED) is 0.475. The lowest BCUT2D eigenvalue weighted by molar-refractivity contribution is -0.136. The maximum Gasteiger partial charge on any atom is 0.304 e. The van der Waals surface area contributed by atoms with E-state index in [1.54, 1.807) is 7.11 Å². The first-order valence-electron chi connectivity index (χ1n) is 4.05. The number of carboxylic acids is 1. The molecule has 0 fully saturated rings. The van der Waals surface area contributed by atoms with Crippen LogP contribution in [0, 0.1) is 0 Å². The molecule has 0 saturated heterocycles. The molecule has 0 heterocycles. The summed E-state index contributed by atoms with van der Waals surface area (Å²) in [5.41, 5.74) is 0. The molecule has 0 aliphatic carbocycles. The second kappa shape index (κ2) is 7.43. The first-order chi connectivity index (χ1) is 5.66. The number of thiol groups is 1. The summed E-state index contributed by atoms with van der Waals surface area (Å²) in [6, 6.07) is 0. The highest BCUT2D eigenvalue weighted by Crippen LogP contribution is 2.10. The number of hydrogen-bond donors (Lipinski definition) is 2. The lowest BCUT2D eigenvalue weighted by atomic mass is 10.1. The van der Waals surface area contributed by atoms with E-state index in [0.29, 0.717) is 0 Å². The fourth-order valence-electron chi connectivity index (χ4n) is 0.930. The van der Waals surface area contributed by atoms with Crippen LogP contribution in [0.15, 0.2) is 0 Å². The molecule has 0 radical (unpaired) electrons. The number of methoxy groups -OCH3 is 1. The standard InChI is InChI=1S/C8H16O3S/c1-11-5-3-2-4-7(12)6-8(9)10/h7,12H,2-6H2,1H3,(H,9,10). The van der Waals surface area contributed by atoms with Gasteiger partial charge in [0.05, 0.1) is 6.42 Å². The van der Waals surface area contributed by atoms with Gasteiger partial charge in [-0.1, -0.05) is 6.42 Å². The van der Waals surface area contributed by atoms with Crippen molar-refractivity contribution < 1.29 is 14.6 Å². The molecule has 0 bridgehead atoms. The van der Waals surface area contributed by atoms with Crippen LogP contribution in [0.4, 0.5) is 0 Å². The highest BCUT2D eigenvalue weighted by Gasteiger charge is 2.07. The molecule has 12 heavy (non-hydrogen) atoms. The van der Waals surface area contributed by atoms with Gasteiger partial charge in [-0.15, -0.1) is 0 Å². The molecule has 1 atom stereocenters. The number of hydrogen-bond acceptors (Lipinski definition) is 3. The van der Waals surface area contributed by atoms with E-state index in [2.05, 4.69) is 12.6 Å². The van der Waals surface area contributed by atoms with E-state index >= 15 is 0 Å². The van der Waals surface area contributed by atoms with Gasteiger partial charge in [-0.3, -0.25) is 4.79 Å². The molecule has 0 rings (SSSR count). The van der Waals surface area contributed by atoms with Gasteiger partial charge < -0.3 is 9.84 Å². The molecule has 0 amide bonds. The Labute approximate surface area is 78.5 Å². The first-order valence-corrected chi connectivity index (χ1v) is 4.57. The maximum absolute atomic E-state index is 10.2. The zero-order chi connectivity index (χ0) is 9.40. The second-order valence-electron chi connectivity index (χ2n) is 2.74. The highest BCUT2D eigenvalue weighted by molar-refractivity contribution is 7.81. The van der Waals surface area contributed by atoms with Gasteiger partial charge in [-0.25, -0.2) is 0 Å². The van der Waals surface area contributed by atoms with Gasteiger partial charge in [-0.05, 0) is 12.8 Å². The number of carbonyl (C=O) groups is 1. The molecule has 0 aromatic carbocycles. The van der Waals surface area contributed by atoms with Crippen LogP contribution in [0.2, 0.25) is 0 Å². The molecule has 72 valence electrons. The Hall–Kier alpha value is -0.220. The molecular weight excluding hydrogens is 176 g/mol. The van der Waals surface area contributed by atoms with Crippen molar-refractivity contribution in [2.45, 2.75) is 30.9 Å². The average molecular weight is 192 g/mol. The van der Waals surface area contributed by atoms with Gasteiger partial charge >= 0.3 is 5.97 Å². The Kier molecular flexibility index (Phi) is 7.29. The third-order valence-corrected chi connectivity index (χ3v) is 1.99. The smallest absolute Gasteiger partial charge is 0.304 e. The largest absolute Gasteiger partial charge is 0.481 e. The molecule has 0 aliphatic rings. The second-order valence-corrected chi connectivity index (χ2v) is 3.47. The van der Waals surface area contributed by atoms with Gasteiger partial charge in [0.1, 0.15) is 0 Å². The zero-order valence-corrected chi connectivity index (χ0v) is 8.22. The SMILES string of the molecule is COCCCCC(S)CC(=O)O. The maximum atomic E-state index is 10.2. The van der Waals surface area contributed by atoms with Crippen molar-refractivity contribution in [2.75, 3.05) is 13.7 Å². The third kappa shape index (κ3) is 7.88. The molecule has 1 unspecified atom stereocenters. The first kappa shape index (κ1) is 11.8. The molecular formula is C8H16O3S. The fourth-order valence-corrected chi connectivity index (χ4v) is 1.27. The normalized spacial score (nSPS) is 12.8. The highest BCUT2D eigenvalue weighted by atomic mass is 32.1. The number of unbranched alkanes of at least 4 members (excludes halogenated alkanes) is 1. The Morgan fingerprint density at radius 2 is 2.25 bits per heavy atom. The van der Waals surface area contributed by atoms with Crippen LogP contribution in [-0.2, 0) is 9.53 Å². The number of rotatable bonds is 7.